The molecule has 8 heteroatoms. The average Bonchev–Trinajstić information content (AvgIpc) is 2.57. The first-order valence-electron chi connectivity index (χ1n) is 9.63. The van der Waals surface area contributed by atoms with Crippen molar-refractivity contribution in [2.75, 3.05) is 0 Å². The molecule has 0 aliphatic carbocycles. The van der Waals surface area contributed by atoms with Gasteiger partial charge >= 0.3 is 5.97 Å². The summed E-state index contributed by atoms with van der Waals surface area (Å²) in [7, 11) is -2.11. The van der Waals surface area contributed by atoms with Crippen molar-refractivity contribution in [3.8, 4) is 0 Å². The summed E-state index contributed by atoms with van der Waals surface area (Å²) in [5.41, 5.74) is -0.376. The lowest BCUT2D eigenvalue weighted by molar-refractivity contribution is -0.157. The molecular weight excluding hydrogens is 406 g/mol. The summed E-state index contributed by atoms with van der Waals surface area (Å²) in [4.78, 5) is 26.8. The molecule has 0 radical (unpaired) electrons. The summed E-state index contributed by atoms with van der Waals surface area (Å²) in [6.45, 7) is 13.8. The van der Waals surface area contributed by atoms with Crippen molar-refractivity contribution in [2.24, 2.45) is 5.92 Å². The molecule has 0 unspecified atom stereocenters. The van der Waals surface area contributed by atoms with Gasteiger partial charge in [0.05, 0.1) is 12.0 Å². The van der Waals surface area contributed by atoms with Gasteiger partial charge in [0.1, 0.15) is 11.1 Å². The molecule has 160 valence electrons. The molecule has 2 N–H and O–H groups in total. The lowest BCUT2D eigenvalue weighted by Gasteiger charge is -2.50. The number of benzene rings is 1. The van der Waals surface area contributed by atoms with Gasteiger partial charge in [-0.2, -0.15) is 0 Å². The third-order valence-electron chi connectivity index (χ3n) is 5.66. The van der Waals surface area contributed by atoms with Crippen LogP contribution in [0.15, 0.2) is 46.7 Å². The second kappa shape index (κ2) is 8.53. The Morgan fingerprint density at radius 1 is 1.21 bits per heavy atom. The Bertz CT molecular complexity index is 799. The molecule has 1 saturated heterocycles. The van der Waals surface area contributed by atoms with Gasteiger partial charge in [-0.25, -0.2) is 4.79 Å². The van der Waals surface area contributed by atoms with Crippen LogP contribution in [0.2, 0.25) is 18.1 Å². The minimum absolute atomic E-state index is 0.0103. The first-order valence-corrected chi connectivity index (χ1v) is 13.4. The van der Waals surface area contributed by atoms with Crippen molar-refractivity contribution >= 4 is 32.0 Å². The molecule has 29 heavy (non-hydrogen) atoms. The van der Waals surface area contributed by atoms with E-state index in [-0.39, 0.29) is 28.5 Å². The minimum atomic E-state index is -2.11. The molecule has 1 aliphatic heterocycles. The molecule has 1 fully saturated rings. The first kappa shape index (κ1) is 23.5. The highest BCUT2D eigenvalue weighted by atomic mass is 32.2. The maximum absolute atomic E-state index is 13.0. The van der Waals surface area contributed by atoms with Crippen molar-refractivity contribution in [1.29, 1.82) is 0 Å². The van der Waals surface area contributed by atoms with Crippen LogP contribution in [0, 0.1) is 5.92 Å². The van der Waals surface area contributed by atoms with Gasteiger partial charge < -0.3 is 14.6 Å². The number of likely N-dealkylation sites (tertiary alicyclic amines) is 1. The van der Waals surface area contributed by atoms with Gasteiger partial charge in [0.25, 0.3) is 0 Å². The number of carbonyl (C=O) groups is 2. The molecular formula is C21H31NO5SSi. The van der Waals surface area contributed by atoms with Gasteiger partial charge in [0.15, 0.2) is 14.0 Å². The Balaban J connectivity index is 2.37. The van der Waals surface area contributed by atoms with Crippen molar-refractivity contribution in [1.82, 2.24) is 4.90 Å². The van der Waals surface area contributed by atoms with E-state index >= 15 is 0 Å². The molecule has 1 heterocycles. The van der Waals surface area contributed by atoms with Crippen molar-refractivity contribution in [2.45, 2.75) is 69.1 Å². The van der Waals surface area contributed by atoms with Gasteiger partial charge in [0.2, 0.25) is 5.91 Å². The highest BCUT2D eigenvalue weighted by Crippen LogP contribution is 2.46. The van der Waals surface area contributed by atoms with E-state index in [1.54, 1.807) is 0 Å². The molecule has 1 aliphatic rings. The molecule has 2 rings (SSSR count). The molecule has 1 amide bonds. The first-order chi connectivity index (χ1) is 13.3. The number of β-lactam (4-membered cyclic amide) rings is 1. The van der Waals surface area contributed by atoms with Gasteiger partial charge in [0, 0.05) is 4.90 Å². The predicted molar refractivity (Wildman–Crippen MR) is 117 cm³/mol. The number of carboxylic acid groups (broad SMARTS) is 1. The van der Waals surface area contributed by atoms with E-state index in [1.165, 1.54) is 23.6 Å². The van der Waals surface area contributed by atoms with E-state index in [9.17, 15) is 19.8 Å². The molecule has 0 saturated carbocycles. The van der Waals surface area contributed by atoms with Crippen LogP contribution in [0.25, 0.3) is 0 Å². The number of aliphatic hydroxyl groups excluding tert-OH is 1. The second-order valence-corrected chi connectivity index (χ2v) is 14.8. The van der Waals surface area contributed by atoms with Crippen molar-refractivity contribution < 1.29 is 24.2 Å². The average molecular weight is 438 g/mol. The van der Waals surface area contributed by atoms with Crippen LogP contribution in [0.1, 0.15) is 34.6 Å². The summed E-state index contributed by atoms with van der Waals surface area (Å²) in [6, 6.07) is 9.51. The summed E-state index contributed by atoms with van der Waals surface area (Å²) < 4.78 is 6.45. The minimum Gasteiger partial charge on any atom is -0.510 e. The van der Waals surface area contributed by atoms with Crippen LogP contribution in [0.5, 0.6) is 0 Å². The van der Waals surface area contributed by atoms with Crippen LogP contribution in [0.4, 0.5) is 0 Å². The number of nitrogens with zero attached hydrogens (tertiary/aromatic N) is 1. The highest BCUT2D eigenvalue weighted by molar-refractivity contribution is 8.00. The topological polar surface area (TPSA) is 87.1 Å². The van der Waals surface area contributed by atoms with Crippen LogP contribution in [-0.4, -0.2) is 46.8 Å². The molecule has 0 aromatic heterocycles. The van der Waals surface area contributed by atoms with Gasteiger partial charge in [-0.15, -0.1) is 0 Å². The predicted octanol–water partition coefficient (Wildman–Crippen LogP) is 4.85. The fourth-order valence-corrected chi connectivity index (χ4v) is 5.89. The Kier molecular flexibility index (Phi) is 6.92. The normalized spacial score (nSPS) is 22.0. The van der Waals surface area contributed by atoms with E-state index in [1.807, 2.05) is 37.3 Å². The number of aliphatic carboxylic acids is 1. The molecule has 1 aromatic rings. The number of hydrogen-bond donors (Lipinski definition) is 2. The number of carbonyl (C=O) groups excluding carboxylic acids is 1. The van der Waals surface area contributed by atoms with Crippen LogP contribution < -0.4 is 0 Å². The number of carboxylic acids is 1. The van der Waals surface area contributed by atoms with E-state index < -0.39 is 25.6 Å². The van der Waals surface area contributed by atoms with E-state index in [0.29, 0.717) is 0 Å². The smallest absolute Gasteiger partial charge is 0.356 e. The standard InChI is InChI=1S/C21H31NO5SSi/c1-13(23)17(20(25)26)22-18(24)16(14(2)27-29(6,7)21(3,4)5)19(22)28-15-11-9-8-10-12-15/h8-12,14,16,19,23H,1-7H3,(H,25,26)/b17-13+/t14-,16+,19-/m1/s1. The van der Waals surface area contributed by atoms with Crippen molar-refractivity contribution in [3.05, 3.63) is 41.8 Å². The second-order valence-electron chi connectivity index (χ2n) is 8.88. The molecule has 0 spiro atoms. The highest BCUT2D eigenvalue weighted by Gasteiger charge is 2.55. The number of rotatable bonds is 7. The molecule has 3 atom stereocenters. The lowest BCUT2D eigenvalue weighted by atomic mass is 9.92. The summed E-state index contributed by atoms with van der Waals surface area (Å²) in [5.74, 6) is -2.55. The summed E-state index contributed by atoms with van der Waals surface area (Å²) in [5, 5.41) is 19.0. The summed E-state index contributed by atoms with van der Waals surface area (Å²) >= 11 is 1.41. The zero-order valence-corrected chi connectivity index (χ0v) is 19.9. The SMILES string of the molecule is C/C(O)=C(/C(=O)O)N1C(=O)[C@H]([C@@H](C)O[Si](C)(C)C(C)(C)C)[C@H]1Sc1ccccc1. The largest absolute Gasteiger partial charge is 0.510 e. The monoisotopic (exact) mass is 437 g/mol. The number of thioether (sulfide) groups is 1. The number of aliphatic hydroxyl groups is 1. The molecule has 0 bridgehead atoms. The molecule has 1 aromatic carbocycles. The zero-order valence-electron chi connectivity index (χ0n) is 18.1. The Morgan fingerprint density at radius 2 is 1.76 bits per heavy atom. The fraction of sp³-hybridized carbons (Fsp3) is 0.524. The summed E-state index contributed by atoms with van der Waals surface area (Å²) in [6.07, 6.45) is -0.366. The quantitative estimate of drug-likeness (QED) is 0.274. The van der Waals surface area contributed by atoms with Gasteiger partial charge in [-0.1, -0.05) is 50.7 Å². The van der Waals surface area contributed by atoms with E-state index in [4.69, 9.17) is 4.43 Å². The van der Waals surface area contributed by atoms with Gasteiger partial charge in [-0.3, -0.25) is 9.69 Å². The Morgan fingerprint density at radius 3 is 2.21 bits per heavy atom. The lowest BCUT2D eigenvalue weighted by Crippen LogP contribution is -2.64. The van der Waals surface area contributed by atoms with Gasteiger partial charge in [-0.05, 0) is 44.1 Å². The maximum Gasteiger partial charge on any atom is 0.356 e. The fourth-order valence-electron chi connectivity index (χ4n) is 3.07. The third kappa shape index (κ3) is 4.87. The van der Waals surface area contributed by atoms with Crippen LogP contribution in [-0.2, 0) is 14.0 Å². The van der Waals surface area contributed by atoms with E-state index in [2.05, 4.69) is 33.9 Å². The zero-order chi connectivity index (χ0) is 22.1. The molecule has 6 nitrogen and oxygen atoms in total. The third-order valence-corrected chi connectivity index (χ3v) is 11.5. The van der Waals surface area contributed by atoms with Crippen molar-refractivity contribution in [3.63, 3.8) is 0 Å². The number of amides is 1. The van der Waals surface area contributed by atoms with E-state index in [0.717, 1.165) is 4.90 Å². The Hall–Kier alpha value is -1.77. The van der Waals surface area contributed by atoms with Crippen LogP contribution in [0.3, 0.4) is 0 Å². The number of allylic oxidation sites excluding steroid dienone is 1. The maximum atomic E-state index is 13.0. The Labute approximate surface area is 178 Å². The number of hydrogen-bond acceptors (Lipinski definition) is 5. The van der Waals surface area contributed by atoms with Crippen LogP contribution >= 0.6 is 11.8 Å².